The second-order valence-corrected chi connectivity index (χ2v) is 5.29. The van der Waals surface area contributed by atoms with E-state index in [1.165, 1.54) is 0 Å². The first-order valence-corrected chi connectivity index (χ1v) is 5.91. The van der Waals surface area contributed by atoms with Crippen LogP contribution in [0.25, 0.3) is 11.3 Å². The molecule has 92 valence electrons. The summed E-state index contributed by atoms with van der Waals surface area (Å²) in [7, 11) is 0. The van der Waals surface area contributed by atoms with Crippen molar-refractivity contribution in [1.82, 2.24) is 4.98 Å². The minimum atomic E-state index is 0.0327. The molecule has 0 N–H and O–H groups in total. The van der Waals surface area contributed by atoms with E-state index in [1.807, 2.05) is 30.3 Å². The van der Waals surface area contributed by atoms with Crippen molar-refractivity contribution in [1.29, 1.82) is 0 Å². The van der Waals surface area contributed by atoms with Crippen molar-refractivity contribution >= 4 is 5.69 Å². The third-order valence-corrected chi connectivity index (χ3v) is 2.90. The first kappa shape index (κ1) is 12.4. The van der Waals surface area contributed by atoms with Crippen LogP contribution in [-0.2, 0) is 5.41 Å². The standard InChI is InChI=1S/C15H16N2O/c1-15(2,3)11-7-8-14(17-18)12(10-11)13-6-4-5-9-16-13/h4-10H,1-3H3. The maximum Gasteiger partial charge on any atom is 0.117 e. The Morgan fingerprint density at radius 2 is 1.89 bits per heavy atom. The third-order valence-electron chi connectivity index (χ3n) is 2.90. The molecule has 0 fully saturated rings. The van der Waals surface area contributed by atoms with Crippen LogP contribution in [0, 0.1) is 4.91 Å². The average Bonchev–Trinajstić information content (AvgIpc) is 2.38. The molecule has 1 aromatic heterocycles. The molecule has 0 atom stereocenters. The second kappa shape index (κ2) is 4.69. The lowest BCUT2D eigenvalue weighted by Gasteiger charge is -2.20. The number of rotatable bonds is 2. The van der Waals surface area contributed by atoms with E-state index in [0.717, 1.165) is 16.8 Å². The molecule has 0 bridgehead atoms. The highest BCUT2D eigenvalue weighted by Crippen LogP contribution is 2.33. The maximum absolute atomic E-state index is 10.9. The number of nitroso groups, excluding NO2 is 1. The number of pyridine rings is 1. The fourth-order valence-corrected chi connectivity index (χ4v) is 1.81. The Balaban J connectivity index is 2.61. The molecule has 0 saturated heterocycles. The van der Waals surface area contributed by atoms with Crippen LogP contribution in [0.15, 0.2) is 47.8 Å². The highest BCUT2D eigenvalue weighted by Gasteiger charge is 2.16. The summed E-state index contributed by atoms with van der Waals surface area (Å²) < 4.78 is 0. The van der Waals surface area contributed by atoms with Gasteiger partial charge in [0.25, 0.3) is 0 Å². The third kappa shape index (κ3) is 2.45. The minimum Gasteiger partial charge on any atom is -0.256 e. The summed E-state index contributed by atoms with van der Waals surface area (Å²) in [6, 6.07) is 11.3. The number of aromatic nitrogens is 1. The van der Waals surface area contributed by atoms with E-state index >= 15 is 0 Å². The molecule has 0 unspecified atom stereocenters. The van der Waals surface area contributed by atoms with E-state index in [0.29, 0.717) is 5.69 Å². The quantitative estimate of drug-likeness (QED) is 0.728. The van der Waals surface area contributed by atoms with Crippen LogP contribution in [0.1, 0.15) is 26.3 Å². The molecule has 0 radical (unpaired) electrons. The Morgan fingerprint density at radius 3 is 2.44 bits per heavy atom. The summed E-state index contributed by atoms with van der Waals surface area (Å²) in [5, 5.41) is 3.08. The van der Waals surface area contributed by atoms with Gasteiger partial charge in [0, 0.05) is 11.8 Å². The Bertz CT molecular complexity index is 556. The summed E-state index contributed by atoms with van der Waals surface area (Å²) >= 11 is 0. The van der Waals surface area contributed by atoms with Gasteiger partial charge in [-0.15, -0.1) is 4.91 Å². The van der Waals surface area contributed by atoms with Crippen molar-refractivity contribution in [3.63, 3.8) is 0 Å². The normalized spacial score (nSPS) is 11.3. The number of benzene rings is 1. The summed E-state index contributed by atoms with van der Waals surface area (Å²) in [4.78, 5) is 15.2. The van der Waals surface area contributed by atoms with Crippen LogP contribution in [0.5, 0.6) is 0 Å². The molecule has 0 amide bonds. The van der Waals surface area contributed by atoms with Crippen molar-refractivity contribution in [2.24, 2.45) is 5.18 Å². The molecule has 2 aromatic rings. The van der Waals surface area contributed by atoms with Crippen LogP contribution in [0.2, 0.25) is 0 Å². The SMILES string of the molecule is CC(C)(C)c1ccc(N=O)c(-c2ccccn2)c1. The van der Waals surface area contributed by atoms with Crippen molar-refractivity contribution in [3.8, 4) is 11.3 Å². The molecule has 0 aliphatic carbocycles. The molecule has 0 aliphatic rings. The van der Waals surface area contributed by atoms with Crippen molar-refractivity contribution in [2.45, 2.75) is 26.2 Å². The minimum absolute atomic E-state index is 0.0327. The van der Waals surface area contributed by atoms with Crippen molar-refractivity contribution in [2.75, 3.05) is 0 Å². The zero-order chi connectivity index (χ0) is 13.2. The van der Waals surface area contributed by atoms with Gasteiger partial charge < -0.3 is 0 Å². The van der Waals surface area contributed by atoms with E-state index < -0.39 is 0 Å². The lowest BCUT2D eigenvalue weighted by atomic mass is 9.85. The van der Waals surface area contributed by atoms with Crippen molar-refractivity contribution in [3.05, 3.63) is 53.1 Å². The van der Waals surface area contributed by atoms with Gasteiger partial charge in [0.1, 0.15) is 5.69 Å². The van der Waals surface area contributed by atoms with Gasteiger partial charge in [-0.05, 0) is 40.4 Å². The zero-order valence-corrected chi connectivity index (χ0v) is 10.8. The highest BCUT2D eigenvalue weighted by atomic mass is 16.3. The smallest absolute Gasteiger partial charge is 0.117 e. The molecule has 0 spiro atoms. The summed E-state index contributed by atoms with van der Waals surface area (Å²) in [5.74, 6) is 0. The van der Waals surface area contributed by atoms with E-state index in [-0.39, 0.29) is 5.41 Å². The Hall–Kier alpha value is -2.03. The molecule has 2 rings (SSSR count). The molecule has 1 heterocycles. The predicted octanol–water partition coefficient (Wildman–Crippen LogP) is 4.44. The van der Waals surface area contributed by atoms with Gasteiger partial charge in [-0.3, -0.25) is 4.98 Å². The van der Waals surface area contributed by atoms with Gasteiger partial charge in [0.2, 0.25) is 0 Å². The molecule has 0 aliphatic heterocycles. The molecule has 3 heteroatoms. The van der Waals surface area contributed by atoms with Gasteiger partial charge in [0.05, 0.1) is 5.69 Å². The first-order chi connectivity index (χ1) is 8.52. The molecule has 0 saturated carbocycles. The number of hydrogen-bond acceptors (Lipinski definition) is 3. The summed E-state index contributed by atoms with van der Waals surface area (Å²) in [6.07, 6.45) is 1.72. The van der Waals surface area contributed by atoms with Gasteiger partial charge in [-0.2, -0.15) is 0 Å². The zero-order valence-electron chi connectivity index (χ0n) is 10.8. The Kier molecular flexibility index (Phi) is 3.24. The largest absolute Gasteiger partial charge is 0.256 e. The lowest BCUT2D eigenvalue weighted by molar-refractivity contribution is 0.590. The van der Waals surface area contributed by atoms with Gasteiger partial charge in [0.15, 0.2) is 0 Å². The lowest BCUT2D eigenvalue weighted by Crippen LogP contribution is -2.10. The van der Waals surface area contributed by atoms with Gasteiger partial charge in [-0.1, -0.05) is 32.9 Å². The average molecular weight is 240 g/mol. The maximum atomic E-state index is 10.9. The van der Waals surface area contributed by atoms with Gasteiger partial charge >= 0.3 is 0 Å². The van der Waals surface area contributed by atoms with Crippen LogP contribution < -0.4 is 0 Å². The van der Waals surface area contributed by atoms with E-state index in [1.54, 1.807) is 12.3 Å². The topological polar surface area (TPSA) is 42.3 Å². The monoisotopic (exact) mass is 240 g/mol. The van der Waals surface area contributed by atoms with Crippen LogP contribution in [-0.4, -0.2) is 4.98 Å². The Labute approximate surface area is 107 Å². The number of nitrogens with zero attached hydrogens (tertiary/aromatic N) is 2. The summed E-state index contributed by atoms with van der Waals surface area (Å²) in [5.41, 5.74) is 3.19. The molecule has 3 nitrogen and oxygen atoms in total. The molecule has 18 heavy (non-hydrogen) atoms. The fourth-order valence-electron chi connectivity index (χ4n) is 1.81. The number of hydrogen-bond donors (Lipinski definition) is 0. The van der Waals surface area contributed by atoms with E-state index in [2.05, 4.69) is 30.9 Å². The van der Waals surface area contributed by atoms with Crippen LogP contribution in [0.3, 0.4) is 0 Å². The van der Waals surface area contributed by atoms with Crippen molar-refractivity contribution < 1.29 is 0 Å². The highest BCUT2D eigenvalue weighted by molar-refractivity contribution is 5.74. The summed E-state index contributed by atoms with van der Waals surface area (Å²) in [6.45, 7) is 6.41. The molecular formula is C15H16N2O. The van der Waals surface area contributed by atoms with E-state index in [4.69, 9.17) is 0 Å². The molecular weight excluding hydrogens is 224 g/mol. The first-order valence-electron chi connectivity index (χ1n) is 5.91. The fraction of sp³-hybridized carbons (Fsp3) is 0.267. The van der Waals surface area contributed by atoms with Gasteiger partial charge in [-0.25, -0.2) is 0 Å². The Morgan fingerprint density at radius 1 is 1.11 bits per heavy atom. The molecule has 1 aromatic carbocycles. The second-order valence-electron chi connectivity index (χ2n) is 5.29. The van der Waals surface area contributed by atoms with E-state index in [9.17, 15) is 4.91 Å². The predicted molar refractivity (Wildman–Crippen MR) is 73.8 cm³/mol. The van der Waals surface area contributed by atoms with Crippen LogP contribution in [0.4, 0.5) is 5.69 Å². The van der Waals surface area contributed by atoms with Crippen LogP contribution >= 0.6 is 0 Å².